The maximum absolute atomic E-state index is 13.2. The molecule has 1 atom stereocenters. The number of thiazole rings is 1. The molecule has 5 rings (SSSR count). The smallest absolute Gasteiger partial charge is 0.264 e. The lowest BCUT2D eigenvalue weighted by Crippen LogP contribution is -2.40. The van der Waals surface area contributed by atoms with Gasteiger partial charge in [0.05, 0.1) is 23.4 Å². The average Bonchev–Trinajstić information content (AvgIpc) is 3.17. The fourth-order valence-corrected chi connectivity index (χ4v) is 4.99. The van der Waals surface area contributed by atoms with E-state index in [2.05, 4.69) is 38.7 Å². The van der Waals surface area contributed by atoms with Gasteiger partial charge in [0, 0.05) is 25.7 Å². The third-order valence-electron chi connectivity index (χ3n) is 5.61. The monoisotopic (exact) mass is 426 g/mol. The van der Waals surface area contributed by atoms with Crippen LogP contribution in [0.3, 0.4) is 0 Å². The quantitative estimate of drug-likeness (QED) is 0.589. The average molecular weight is 427 g/mol. The van der Waals surface area contributed by atoms with Crippen molar-refractivity contribution in [1.82, 2.24) is 20.3 Å². The molecule has 0 spiro atoms. The summed E-state index contributed by atoms with van der Waals surface area (Å²) in [5.41, 5.74) is 2.43. The second-order valence-corrected chi connectivity index (χ2v) is 8.92. The van der Waals surface area contributed by atoms with Crippen LogP contribution in [0.5, 0.6) is 0 Å². The first-order valence-electron chi connectivity index (χ1n) is 10.5. The van der Waals surface area contributed by atoms with Crippen molar-refractivity contribution in [3.8, 4) is 10.6 Å². The SMILES string of the molecule is Cc1ccc2sc(-c3c(NC4CCCNC4)nc(N4CCOCC4)[nH]c3=O)nc2c1. The summed E-state index contributed by atoms with van der Waals surface area (Å²) >= 11 is 1.53. The molecule has 30 heavy (non-hydrogen) atoms. The van der Waals surface area contributed by atoms with Crippen LogP contribution >= 0.6 is 11.3 Å². The van der Waals surface area contributed by atoms with Crippen molar-refractivity contribution in [3.05, 3.63) is 34.1 Å². The number of aromatic amines is 1. The number of benzene rings is 1. The van der Waals surface area contributed by atoms with E-state index in [0.29, 0.717) is 48.6 Å². The van der Waals surface area contributed by atoms with Crippen LogP contribution in [0.1, 0.15) is 18.4 Å². The zero-order chi connectivity index (χ0) is 20.5. The molecule has 3 N–H and O–H groups in total. The van der Waals surface area contributed by atoms with Crippen LogP contribution in [-0.4, -0.2) is 60.4 Å². The van der Waals surface area contributed by atoms with Gasteiger partial charge in [0.1, 0.15) is 16.4 Å². The Kier molecular flexibility index (Phi) is 5.41. The van der Waals surface area contributed by atoms with Gasteiger partial charge in [0.2, 0.25) is 5.95 Å². The minimum absolute atomic E-state index is 0.159. The van der Waals surface area contributed by atoms with Crippen LogP contribution < -0.4 is 21.1 Å². The number of ether oxygens (including phenoxy) is 1. The number of rotatable bonds is 4. The second kappa shape index (κ2) is 8.33. The molecule has 3 aromatic rings. The third-order valence-corrected chi connectivity index (χ3v) is 6.67. The van der Waals surface area contributed by atoms with Crippen molar-refractivity contribution >= 4 is 33.3 Å². The Bertz CT molecular complexity index is 1100. The van der Waals surface area contributed by atoms with Crippen LogP contribution in [0.2, 0.25) is 0 Å². The largest absolute Gasteiger partial charge is 0.378 e. The molecule has 158 valence electrons. The van der Waals surface area contributed by atoms with E-state index in [9.17, 15) is 4.79 Å². The van der Waals surface area contributed by atoms with Crippen LogP contribution in [-0.2, 0) is 4.74 Å². The molecule has 4 heterocycles. The molecule has 0 saturated carbocycles. The van der Waals surface area contributed by atoms with E-state index in [0.717, 1.165) is 41.7 Å². The van der Waals surface area contributed by atoms with E-state index in [4.69, 9.17) is 14.7 Å². The minimum Gasteiger partial charge on any atom is -0.378 e. The van der Waals surface area contributed by atoms with Gasteiger partial charge in [-0.3, -0.25) is 9.78 Å². The van der Waals surface area contributed by atoms with Gasteiger partial charge in [-0.15, -0.1) is 11.3 Å². The highest BCUT2D eigenvalue weighted by atomic mass is 32.1. The van der Waals surface area contributed by atoms with E-state index >= 15 is 0 Å². The highest BCUT2D eigenvalue weighted by Gasteiger charge is 2.23. The predicted molar refractivity (Wildman–Crippen MR) is 121 cm³/mol. The highest BCUT2D eigenvalue weighted by molar-refractivity contribution is 7.21. The van der Waals surface area contributed by atoms with E-state index in [1.165, 1.54) is 11.3 Å². The van der Waals surface area contributed by atoms with Gasteiger partial charge in [0.25, 0.3) is 5.56 Å². The Morgan fingerprint density at radius 2 is 2.13 bits per heavy atom. The van der Waals surface area contributed by atoms with Gasteiger partial charge >= 0.3 is 0 Å². The van der Waals surface area contributed by atoms with Crippen molar-refractivity contribution in [2.24, 2.45) is 0 Å². The molecule has 0 aliphatic carbocycles. The van der Waals surface area contributed by atoms with Crippen molar-refractivity contribution in [3.63, 3.8) is 0 Å². The molecule has 1 aromatic carbocycles. The Labute approximate surface area is 178 Å². The highest BCUT2D eigenvalue weighted by Crippen LogP contribution is 2.33. The van der Waals surface area contributed by atoms with Crippen LogP contribution in [0.4, 0.5) is 11.8 Å². The Morgan fingerprint density at radius 3 is 2.93 bits per heavy atom. The number of anilines is 2. The van der Waals surface area contributed by atoms with E-state index in [1.54, 1.807) is 0 Å². The summed E-state index contributed by atoms with van der Waals surface area (Å²) in [6.45, 7) is 6.65. The molecule has 0 radical (unpaired) electrons. The molecule has 2 aromatic heterocycles. The number of aromatic nitrogens is 3. The van der Waals surface area contributed by atoms with E-state index in [-0.39, 0.29) is 11.6 Å². The van der Waals surface area contributed by atoms with Gasteiger partial charge < -0.3 is 20.3 Å². The first-order valence-corrected chi connectivity index (χ1v) is 11.3. The van der Waals surface area contributed by atoms with Gasteiger partial charge in [-0.05, 0) is 44.0 Å². The molecule has 0 amide bonds. The zero-order valence-electron chi connectivity index (χ0n) is 17.0. The van der Waals surface area contributed by atoms with Crippen molar-refractivity contribution in [1.29, 1.82) is 0 Å². The third kappa shape index (κ3) is 3.92. The van der Waals surface area contributed by atoms with E-state index in [1.807, 2.05) is 6.92 Å². The van der Waals surface area contributed by atoms with Gasteiger partial charge in [-0.2, -0.15) is 4.98 Å². The van der Waals surface area contributed by atoms with Crippen LogP contribution in [0.25, 0.3) is 20.8 Å². The first kappa shape index (κ1) is 19.5. The molecule has 8 nitrogen and oxygen atoms in total. The fourth-order valence-electron chi connectivity index (χ4n) is 4.00. The van der Waals surface area contributed by atoms with Crippen molar-refractivity contribution in [2.75, 3.05) is 49.6 Å². The van der Waals surface area contributed by atoms with Gasteiger partial charge in [0.15, 0.2) is 0 Å². The lowest BCUT2D eigenvalue weighted by Gasteiger charge is -2.29. The summed E-state index contributed by atoms with van der Waals surface area (Å²) in [7, 11) is 0. The van der Waals surface area contributed by atoms with Crippen LogP contribution in [0.15, 0.2) is 23.0 Å². The summed E-state index contributed by atoms with van der Waals surface area (Å²) in [6.07, 6.45) is 2.15. The number of piperidine rings is 1. The zero-order valence-corrected chi connectivity index (χ0v) is 17.8. The summed E-state index contributed by atoms with van der Waals surface area (Å²) in [6, 6.07) is 6.42. The van der Waals surface area contributed by atoms with Gasteiger partial charge in [-0.25, -0.2) is 4.98 Å². The molecule has 2 aliphatic rings. The van der Waals surface area contributed by atoms with Crippen LogP contribution in [0, 0.1) is 6.92 Å². The standard InChI is InChI=1S/C21H26N6O2S/c1-13-4-5-16-15(11-13)24-20(30-16)17-18(23-14-3-2-6-22-12-14)25-21(26-19(17)28)27-7-9-29-10-8-27/h4-5,11,14,22H,2-3,6-10,12H2,1H3,(H2,23,25,26,28). The van der Waals surface area contributed by atoms with Crippen molar-refractivity contribution < 1.29 is 4.74 Å². The molecule has 2 fully saturated rings. The molecule has 0 bridgehead atoms. The lowest BCUT2D eigenvalue weighted by atomic mass is 10.1. The van der Waals surface area contributed by atoms with Crippen molar-refractivity contribution in [2.45, 2.75) is 25.8 Å². The molecule has 2 saturated heterocycles. The normalized spacial score (nSPS) is 19.9. The second-order valence-electron chi connectivity index (χ2n) is 7.89. The summed E-state index contributed by atoms with van der Waals surface area (Å²) in [5.74, 6) is 1.21. The summed E-state index contributed by atoms with van der Waals surface area (Å²) in [5, 5.41) is 7.66. The Balaban J connectivity index is 1.58. The maximum Gasteiger partial charge on any atom is 0.264 e. The molecular formula is C21H26N6O2S. The number of H-pyrrole nitrogens is 1. The Morgan fingerprint density at radius 1 is 1.27 bits per heavy atom. The molecular weight excluding hydrogens is 400 g/mol. The number of aryl methyl sites for hydroxylation is 1. The van der Waals surface area contributed by atoms with Gasteiger partial charge in [-0.1, -0.05) is 6.07 Å². The predicted octanol–water partition coefficient (Wildman–Crippen LogP) is 2.36. The first-order chi connectivity index (χ1) is 14.7. The molecule has 1 unspecified atom stereocenters. The van der Waals surface area contributed by atoms with E-state index < -0.39 is 0 Å². The molecule has 2 aliphatic heterocycles. The fraction of sp³-hybridized carbons (Fsp3) is 0.476. The number of morpholine rings is 1. The molecule has 9 heteroatoms. The Hall–Kier alpha value is -2.49. The summed E-state index contributed by atoms with van der Waals surface area (Å²) < 4.78 is 6.51. The number of hydrogen-bond acceptors (Lipinski definition) is 8. The summed E-state index contributed by atoms with van der Waals surface area (Å²) in [4.78, 5) is 27.9. The topological polar surface area (TPSA) is 95.2 Å². The number of hydrogen-bond donors (Lipinski definition) is 3. The number of fused-ring (bicyclic) bond motifs is 1. The lowest BCUT2D eigenvalue weighted by molar-refractivity contribution is 0.122. The maximum atomic E-state index is 13.2. The number of nitrogens with one attached hydrogen (secondary N) is 3. The number of nitrogens with zero attached hydrogens (tertiary/aromatic N) is 3. The minimum atomic E-state index is -0.159.